The van der Waals surface area contributed by atoms with Crippen molar-refractivity contribution in [3.63, 3.8) is 0 Å². The van der Waals surface area contributed by atoms with E-state index in [1.807, 2.05) is 0 Å². The third kappa shape index (κ3) is 5.04. The summed E-state index contributed by atoms with van der Waals surface area (Å²) in [7, 11) is 0. The predicted octanol–water partition coefficient (Wildman–Crippen LogP) is 2.02. The molecule has 12 nitrogen and oxygen atoms in total. The fourth-order valence-corrected chi connectivity index (χ4v) is 6.74. The van der Waals surface area contributed by atoms with Crippen molar-refractivity contribution in [3.8, 4) is 0 Å². The van der Waals surface area contributed by atoms with Crippen molar-refractivity contribution in [2.45, 2.75) is 0 Å². The van der Waals surface area contributed by atoms with E-state index in [2.05, 4.69) is 0 Å². The van der Waals surface area contributed by atoms with Gasteiger partial charge in [0, 0.05) is 0 Å². The van der Waals surface area contributed by atoms with Gasteiger partial charge in [-0.05, 0) is 0 Å². The first-order valence-corrected chi connectivity index (χ1v) is 15.1. The molecule has 0 radical (unpaired) electrons. The summed E-state index contributed by atoms with van der Waals surface area (Å²) < 4.78 is 30.7. The zero-order valence-corrected chi connectivity index (χ0v) is 22.5. The Morgan fingerprint density at radius 1 is 0.474 bits per heavy atom. The average molecular weight is 642 g/mol. The van der Waals surface area contributed by atoms with Crippen molar-refractivity contribution in [3.05, 3.63) is 106 Å². The fraction of sp³-hybridized carbons (Fsp3) is 0. The van der Waals surface area contributed by atoms with Gasteiger partial charge in [-0.1, -0.05) is 0 Å². The Labute approximate surface area is 224 Å². The van der Waals surface area contributed by atoms with E-state index < -0.39 is 67.2 Å². The number of benzene rings is 3. The molecule has 0 aromatic heterocycles. The quantitative estimate of drug-likeness (QED) is 0.382. The van der Waals surface area contributed by atoms with Gasteiger partial charge in [0.25, 0.3) is 0 Å². The van der Waals surface area contributed by atoms with E-state index in [-0.39, 0.29) is 33.4 Å². The molecule has 38 heavy (non-hydrogen) atoms. The van der Waals surface area contributed by atoms with E-state index >= 15 is 0 Å². The Hall–Kier alpha value is -4.40. The summed E-state index contributed by atoms with van der Waals surface area (Å²) in [5.41, 5.74) is -0.844. The van der Waals surface area contributed by atoms with Crippen molar-refractivity contribution in [2.75, 3.05) is 0 Å². The summed E-state index contributed by atoms with van der Waals surface area (Å²) >= 11 is -7.52. The first-order chi connectivity index (χ1) is 18.3. The van der Waals surface area contributed by atoms with E-state index in [1.165, 1.54) is 72.8 Å². The number of fused-ring (bicyclic) bond motifs is 2. The van der Waals surface area contributed by atoms with Gasteiger partial charge in [-0.3, -0.25) is 0 Å². The first-order valence-electron chi connectivity index (χ1n) is 10.5. The number of hydrogen-bond donors (Lipinski definition) is 0. The van der Waals surface area contributed by atoms with E-state index in [4.69, 9.17) is 22.4 Å². The van der Waals surface area contributed by atoms with Crippen LogP contribution in [0.3, 0.4) is 0 Å². The van der Waals surface area contributed by atoms with E-state index in [0.717, 1.165) is 0 Å². The molecule has 2 aliphatic heterocycles. The molecule has 0 amide bonds. The Balaban J connectivity index is 1.31. The van der Waals surface area contributed by atoms with Gasteiger partial charge >= 0.3 is 224 Å². The summed E-state index contributed by atoms with van der Waals surface area (Å²) in [6, 6.07) is 16.8. The van der Waals surface area contributed by atoms with Gasteiger partial charge < -0.3 is 0 Å². The summed E-state index contributed by atoms with van der Waals surface area (Å²) in [4.78, 5) is 75.3. The SMILES string of the molecule is O=C(O[As]1OC(=O)c2ccccc2C(=O)O1)c1ccccc1C(=O)O[As]1OC(=O)c2ccccc2C(=O)O1. The Kier molecular flexibility index (Phi) is 7.00. The van der Waals surface area contributed by atoms with Crippen LogP contribution in [0.2, 0.25) is 0 Å². The molecule has 0 fully saturated rings. The Bertz CT molecular complexity index is 1330. The van der Waals surface area contributed by atoms with Crippen molar-refractivity contribution in [2.24, 2.45) is 0 Å². The molecule has 0 saturated carbocycles. The third-order valence-electron chi connectivity index (χ3n) is 5.05. The second-order valence-electron chi connectivity index (χ2n) is 7.36. The second-order valence-corrected chi connectivity index (χ2v) is 11.5. The molecule has 2 aliphatic rings. The van der Waals surface area contributed by atoms with Crippen molar-refractivity contribution < 1.29 is 51.1 Å². The molecular weight excluding hydrogens is 630 g/mol. The third-order valence-corrected chi connectivity index (χ3v) is 9.01. The molecule has 190 valence electrons. The first kappa shape index (κ1) is 25.3. The fourth-order valence-electron chi connectivity index (χ4n) is 3.33. The molecular formula is C24H12As2O12. The molecule has 2 heterocycles. The normalized spacial score (nSPS) is 15.4. The molecule has 14 heteroatoms. The number of rotatable bonds is 4. The summed E-state index contributed by atoms with van der Waals surface area (Å²) in [6.07, 6.45) is 0. The van der Waals surface area contributed by atoms with Gasteiger partial charge in [0.1, 0.15) is 0 Å². The molecule has 0 N–H and O–H groups in total. The van der Waals surface area contributed by atoms with Crippen LogP contribution < -0.4 is 0 Å². The molecule has 5 rings (SSSR count). The van der Waals surface area contributed by atoms with Gasteiger partial charge in [-0.2, -0.15) is 0 Å². The molecule has 3 aromatic carbocycles. The standard InChI is InChI=1S/C24H12As2O12/c27-19-13-7-1-2-8-14(13)20(28)34-25(33-19)37-23(31)17-11-5-6-12-18(17)24(32)38-26-35-21(29)15-9-3-4-10-16(15)22(30)36-26/h1-12H. The second kappa shape index (κ2) is 10.5. The minimum atomic E-state index is -3.76. The summed E-state index contributed by atoms with van der Waals surface area (Å²) in [5, 5.41) is 0. The topological polar surface area (TPSA) is 158 Å². The zero-order valence-electron chi connectivity index (χ0n) is 18.7. The molecule has 0 atom stereocenters. The van der Waals surface area contributed by atoms with Gasteiger partial charge in [0.2, 0.25) is 0 Å². The molecule has 0 bridgehead atoms. The van der Waals surface area contributed by atoms with E-state index in [9.17, 15) is 28.8 Å². The van der Waals surface area contributed by atoms with Gasteiger partial charge in [0.15, 0.2) is 0 Å². The van der Waals surface area contributed by atoms with Crippen molar-refractivity contribution in [1.82, 2.24) is 0 Å². The van der Waals surface area contributed by atoms with Crippen LogP contribution in [0.25, 0.3) is 0 Å². The summed E-state index contributed by atoms with van der Waals surface area (Å²) in [5.74, 6) is -5.91. The molecule has 0 saturated heterocycles. The van der Waals surface area contributed by atoms with Crippen LogP contribution in [0, 0.1) is 0 Å². The van der Waals surface area contributed by atoms with Crippen LogP contribution >= 0.6 is 0 Å². The molecule has 0 spiro atoms. The van der Waals surface area contributed by atoms with E-state index in [0.29, 0.717) is 0 Å². The maximum absolute atomic E-state index is 12.9. The summed E-state index contributed by atoms with van der Waals surface area (Å²) in [6.45, 7) is 0. The van der Waals surface area contributed by atoms with Crippen LogP contribution in [0.4, 0.5) is 0 Å². The van der Waals surface area contributed by atoms with Crippen LogP contribution in [0.5, 0.6) is 0 Å². The van der Waals surface area contributed by atoms with Crippen molar-refractivity contribution in [1.29, 1.82) is 0 Å². The minimum absolute atomic E-state index is 0.0470. The van der Waals surface area contributed by atoms with Gasteiger partial charge in [-0.15, -0.1) is 0 Å². The number of carbonyl (C=O) groups is 6. The average Bonchev–Trinajstić information content (AvgIpc) is 3.11. The predicted molar refractivity (Wildman–Crippen MR) is 123 cm³/mol. The molecule has 0 aliphatic carbocycles. The van der Waals surface area contributed by atoms with E-state index in [1.54, 1.807) is 0 Å². The van der Waals surface area contributed by atoms with Crippen LogP contribution in [0.1, 0.15) is 62.1 Å². The Morgan fingerprint density at radius 3 is 1.03 bits per heavy atom. The zero-order chi connectivity index (χ0) is 26.8. The van der Waals surface area contributed by atoms with Crippen molar-refractivity contribution >= 4 is 67.2 Å². The van der Waals surface area contributed by atoms with Crippen LogP contribution in [-0.4, -0.2) is 67.2 Å². The van der Waals surface area contributed by atoms with Gasteiger partial charge in [0.05, 0.1) is 0 Å². The molecule has 0 unspecified atom stereocenters. The Morgan fingerprint density at radius 2 is 0.737 bits per heavy atom. The maximum atomic E-state index is 12.9. The molecule has 3 aromatic rings. The van der Waals surface area contributed by atoms with Crippen LogP contribution in [0.15, 0.2) is 72.8 Å². The van der Waals surface area contributed by atoms with Gasteiger partial charge in [-0.25, -0.2) is 0 Å². The number of hydrogen-bond acceptors (Lipinski definition) is 12. The monoisotopic (exact) mass is 642 g/mol. The van der Waals surface area contributed by atoms with Crippen LogP contribution in [-0.2, 0) is 22.4 Å². The number of carbonyl (C=O) groups excluding carboxylic acids is 6.